The van der Waals surface area contributed by atoms with E-state index in [1.807, 2.05) is 37.3 Å². The van der Waals surface area contributed by atoms with E-state index in [0.717, 1.165) is 16.9 Å². The topological polar surface area (TPSA) is 33.0 Å². The quantitative estimate of drug-likeness (QED) is 0.424. The van der Waals surface area contributed by atoms with Crippen molar-refractivity contribution >= 4 is 14.1 Å². The maximum Gasteiger partial charge on any atom is 0.250 e. The third-order valence-electron chi connectivity index (χ3n) is 3.96. The van der Waals surface area contributed by atoms with Crippen LogP contribution in [0.3, 0.4) is 0 Å². The molecule has 2 nitrogen and oxygen atoms in total. The minimum absolute atomic E-state index is 0.112. The van der Waals surface area contributed by atoms with Crippen LogP contribution in [0.15, 0.2) is 35.9 Å². The first kappa shape index (κ1) is 16.5. The Morgan fingerprint density at radius 3 is 2.15 bits per heavy atom. The van der Waals surface area contributed by atoms with Gasteiger partial charge in [0.15, 0.2) is 0 Å². The minimum Gasteiger partial charge on any atom is -0.542 e. The third-order valence-corrected chi connectivity index (χ3v) is 8.29. The van der Waals surface area contributed by atoms with Crippen LogP contribution in [0.2, 0.25) is 18.1 Å². The maximum absolute atomic E-state index is 9.38. The van der Waals surface area contributed by atoms with Crippen LogP contribution < -0.4 is 0 Å². The molecule has 0 spiro atoms. The summed E-state index contributed by atoms with van der Waals surface area (Å²) in [5.74, 6) is 0.766. The van der Waals surface area contributed by atoms with Crippen LogP contribution in [-0.4, -0.2) is 8.32 Å². The van der Waals surface area contributed by atoms with E-state index in [4.69, 9.17) is 4.43 Å². The van der Waals surface area contributed by atoms with E-state index in [1.165, 1.54) is 0 Å². The molecule has 1 aromatic rings. The molecule has 0 bridgehead atoms. The van der Waals surface area contributed by atoms with Gasteiger partial charge in [-0.3, -0.25) is 0 Å². The molecule has 0 atom stereocenters. The Morgan fingerprint density at radius 1 is 1.20 bits per heavy atom. The van der Waals surface area contributed by atoms with Crippen molar-refractivity contribution in [3.05, 3.63) is 41.5 Å². The lowest BCUT2D eigenvalue weighted by molar-refractivity contribution is 0.454. The van der Waals surface area contributed by atoms with Gasteiger partial charge in [-0.2, -0.15) is 5.26 Å². The average molecular weight is 287 g/mol. The van der Waals surface area contributed by atoms with Gasteiger partial charge in [0.1, 0.15) is 5.76 Å². The molecule has 0 amide bonds. The molecule has 1 aromatic carbocycles. The molecule has 0 aliphatic rings. The molecule has 0 saturated carbocycles. The third kappa shape index (κ3) is 3.74. The molecule has 0 aromatic heterocycles. The van der Waals surface area contributed by atoms with Gasteiger partial charge in [-0.1, -0.05) is 58.0 Å². The van der Waals surface area contributed by atoms with E-state index in [9.17, 15) is 5.26 Å². The number of nitrogens with zero attached hydrogens (tertiary/aromatic N) is 1. The van der Waals surface area contributed by atoms with E-state index in [2.05, 4.69) is 39.9 Å². The molecule has 0 radical (unpaired) electrons. The SMILES string of the molecule is CC/C(C#N)=C(/O[Si](C)(C)C(C)(C)C)c1ccccc1. The van der Waals surface area contributed by atoms with E-state index >= 15 is 0 Å². The first-order valence-corrected chi connectivity index (χ1v) is 10.0. The molecule has 0 heterocycles. The van der Waals surface area contributed by atoms with Crippen molar-refractivity contribution in [2.24, 2.45) is 0 Å². The van der Waals surface area contributed by atoms with E-state index in [-0.39, 0.29) is 5.04 Å². The Morgan fingerprint density at radius 2 is 1.75 bits per heavy atom. The molecule has 108 valence electrons. The summed E-state index contributed by atoms with van der Waals surface area (Å²) >= 11 is 0. The fourth-order valence-electron chi connectivity index (χ4n) is 1.58. The molecule has 0 saturated heterocycles. The second kappa shape index (κ2) is 6.28. The predicted octanol–water partition coefficient (Wildman–Crippen LogP) is 5.35. The largest absolute Gasteiger partial charge is 0.542 e. The van der Waals surface area contributed by atoms with Gasteiger partial charge < -0.3 is 4.43 Å². The standard InChI is InChI=1S/C17H25NOSi/c1-7-14(13-18)16(15-11-9-8-10-12-15)19-20(5,6)17(2,3)4/h8-12H,7H2,1-6H3/b16-14-. The average Bonchev–Trinajstić information content (AvgIpc) is 2.38. The highest BCUT2D eigenvalue weighted by Crippen LogP contribution is 2.40. The molecule has 0 unspecified atom stereocenters. The number of allylic oxidation sites excluding steroid dienone is 1. The van der Waals surface area contributed by atoms with E-state index in [0.29, 0.717) is 6.42 Å². The summed E-state index contributed by atoms with van der Waals surface area (Å²) in [4.78, 5) is 0. The lowest BCUT2D eigenvalue weighted by Crippen LogP contribution is -2.40. The second-order valence-electron chi connectivity index (χ2n) is 6.50. The van der Waals surface area contributed by atoms with Gasteiger partial charge in [-0.05, 0) is 24.6 Å². The number of hydrogen-bond acceptors (Lipinski definition) is 2. The van der Waals surface area contributed by atoms with Crippen LogP contribution in [-0.2, 0) is 4.43 Å². The van der Waals surface area contributed by atoms with Crippen LogP contribution >= 0.6 is 0 Å². The highest BCUT2D eigenvalue weighted by atomic mass is 28.4. The maximum atomic E-state index is 9.38. The molecule has 1 rings (SSSR count). The van der Waals surface area contributed by atoms with Gasteiger partial charge in [-0.15, -0.1) is 0 Å². The number of nitriles is 1. The summed E-state index contributed by atoms with van der Waals surface area (Å²) in [6, 6.07) is 12.3. The van der Waals surface area contributed by atoms with Crippen LogP contribution in [0.1, 0.15) is 39.7 Å². The first-order valence-electron chi connectivity index (χ1n) is 7.10. The van der Waals surface area contributed by atoms with Gasteiger partial charge in [0.05, 0.1) is 11.6 Å². The first-order chi connectivity index (χ1) is 9.23. The molecular formula is C17H25NOSi. The Labute approximate surface area is 124 Å². The van der Waals surface area contributed by atoms with Gasteiger partial charge in [-0.25, -0.2) is 0 Å². The summed E-state index contributed by atoms with van der Waals surface area (Å²) < 4.78 is 6.43. The molecule has 0 aliphatic carbocycles. The lowest BCUT2D eigenvalue weighted by Gasteiger charge is -2.37. The fraction of sp³-hybridized carbons (Fsp3) is 0.471. The van der Waals surface area contributed by atoms with E-state index in [1.54, 1.807) is 0 Å². The molecule has 0 N–H and O–H groups in total. The fourth-order valence-corrected chi connectivity index (χ4v) is 2.64. The summed E-state index contributed by atoms with van der Waals surface area (Å²) in [6.07, 6.45) is 0.690. The van der Waals surface area contributed by atoms with Crippen LogP contribution in [0.5, 0.6) is 0 Å². The van der Waals surface area contributed by atoms with E-state index < -0.39 is 8.32 Å². The van der Waals surface area contributed by atoms with Crippen LogP contribution in [0.4, 0.5) is 0 Å². The van der Waals surface area contributed by atoms with Gasteiger partial charge in [0, 0.05) is 5.56 Å². The summed E-state index contributed by atoms with van der Waals surface area (Å²) in [7, 11) is -1.96. The molecule has 0 fully saturated rings. The molecular weight excluding hydrogens is 262 g/mol. The van der Waals surface area contributed by atoms with Crippen molar-refractivity contribution < 1.29 is 4.43 Å². The highest BCUT2D eigenvalue weighted by Gasteiger charge is 2.40. The zero-order valence-corrected chi connectivity index (χ0v) is 14.4. The summed E-state index contributed by atoms with van der Waals surface area (Å²) in [5.41, 5.74) is 1.72. The summed E-state index contributed by atoms with van der Waals surface area (Å²) in [6.45, 7) is 13.0. The van der Waals surface area contributed by atoms with Gasteiger partial charge in [0.2, 0.25) is 0 Å². The van der Waals surface area contributed by atoms with Crippen molar-refractivity contribution in [2.75, 3.05) is 0 Å². The Hall–Kier alpha value is -1.53. The Kier molecular flexibility index (Phi) is 5.19. The minimum atomic E-state index is -1.96. The molecule has 0 aliphatic heterocycles. The predicted molar refractivity (Wildman–Crippen MR) is 87.5 cm³/mol. The second-order valence-corrected chi connectivity index (χ2v) is 11.2. The van der Waals surface area contributed by atoms with Crippen molar-refractivity contribution in [3.8, 4) is 6.07 Å². The van der Waals surface area contributed by atoms with Gasteiger partial charge >= 0.3 is 0 Å². The highest BCUT2D eigenvalue weighted by molar-refractivity contribution is 6.74. The lowest BCUT2D eigenvalue weighted by atomic mass is 10.1. The number of rotatable bonds is 4. The van der Waals surface area contributed by atoms with Crippen molar-refractivity contribution in [2.45, 2.75) is 52.2 Å². The van der Waals surface area contributed by atoms with Gasteiger partial charge in [0.25, 0.3) is 8.32 Å². The number of hydrogen-bond donors (Lipinski definition) is 0. The van der Waals surface area contributed by atoms with Crippen molar-refractivity contribution in [1.82, 2.24) is 0 Å². The van der Waals surface area contributed by atoms with Crippen LogP contribution in [0, 0.1) is 11.3 Å². The molecule has 3 heteroatoms. The van der Waals surface area contributed by atoms with Crippen molar-refractivity contribution in [3.63, 3.8) is 0 Å². The Bertz CT molecular complexity index is 518. The Balaban J connectivity index is 3.30. The summed E-state index contributed by atoms with van der Waals surface area (Å²) in [5, 5.41) is 9.50. The number of benzene rings is 1. The zero-order valence-electron chi connectivity index (χ0n) is 13.4. The monoisotopic (exact) mass is 287 g/mol. The van der Waals surface area contributed by atoms with Crippen molar-refractivity contribution in [1.29, 1.82) is 5.26 Å². The normalized spacial score (nSPS) is 13.4. The van der Waals surface area contributed by atoms with Crippen LogP contribution in [0.25, 0.3) is 5.76 Å². The smallest absolute Gasteiger partial charge is 0.250 e. The zero-order chi connectivity index (χ0) is 15.4. The molecule has 20 heavy (non-hydrogen) atoms.